The standard InChI is InChI=1S/C11H13N5O2S2/c12-15-10-6-7(4-5-13-10)20(17,18)16-11-14-8-2-1-3-9(8)19-11/h4-6H,1-3,12H2,(H,13,15)(H,14,16). The Kier molecular flexibility index (Phi) is 3.32. The lowest BCUT2D eigenvalue weighted by Crippen LogP contribution is -2.14. The summed E-state index contributed by atoms with van der Waals surface area (Å²) in [5, 5.41) is 0.411. The van der Waals surface area contributed by atoms with Crippen molar-refractivity contribution in [3.8, 4) is 0 Å². The number of sulfonamides is 1. The number of anilines is 2. The first kappa shape index (κ1) is 13.3. The number of fused-ring (bicyclic) bond motifs is 1. The molecule has 106 valence electrons. The van der Waals surface area contributed by atoms with Crippen molar-refractivity contribution in [3.63, 3.8) is 0 Å². The van der Waals surface area contributed by atoms with E-state index in [2.05, 4.69) is 20.1 Å². The molecule has 0 bridgehead atoms. The lowest BCUT2D eigenvalue weighted by molar-refractivity contribution is 0.601. The number of nitrogens with one attached hydrogen (secondary N) is 2. The first-order valence-corrected chi connectivity index (χ1v) is 8.32. The molecule has 4 N–H and O–H groups in total. The van der Waals surface area contributed by atoms with Gasteiger partial charge in [-0.25, -0.2) is 24.2 Å². The minimum Gasteiger partial charge on any atom is -0.308 e. The van der Waals surface area contributed by atoms with Crippen molar-refractivity contribution in [1.29, 1.82) is 0 Å². The molecule has 3 rings (SSSR count). The number of pyridine rings is 1. The van der Waals surface area contributed by atoms with Crippen LogP contribution in [0.2, 0.25) is 0 Å². The maximum Gasteiger partial charge on any atom is 0.263 e. The molecule has 2 heterocycles. The first-order chi connectivity index (χ1) is 9.58. The third-order valence-electron chi connectivity index (χ3n) is 3.01. The monoisotopic (exact) mass is 311 g/mol. The molecular formula is C11H13N5O2S2. The number of hydrazine groups is 1. The highest BCUT2D eigenvalue weighted by atomic mass is 32.2. The van der Waals surface area contributed by atoms with Crippen LogP contribution < -0.4 is 16.0 Å². The van der Waals surface area contributed by atoms with Crippen molar-refractivity contribution in [3.05, 3.63) is 28.9 Å². The Labute approximate surface area is 120 Å². The smallest absolute Gasteiger partial charge is 0.263 e. The minimum absolute atomic E-state index is 0.0933. The van der Waals surface area contributed by atoms with Gasteiger partial charge in [-0.1, -0.05) is 0 Å². The number of hydrogen-bond donors (Lipinski definition) is 3. The Morgan fingerprint density at radius 1 is 1.35 bits per heavy atom. The molecule has 7 nitrogen and oxygen atoms in total. The number of nitrogens with two attached hydrogens (primary N) is 1. The quantitative estimate of drug-likeness (QED) is 0.576. The Morgan fingerprint density at radius 2 is 2.20 bits per heavy atom. The van der Waals surface area contributed by atoms with Crippen LogP contribution in [0.4, 0.5) is 10.9 Å². The van der Waals surface area contributed by atoms with Gasteiger partial charge in [-0.15, -0.1) is 11.3 Å². The number of aryl methyl sites for hydroxylation is 2. The lowest BCUT2D eigenvalue weighted by Gasteiger charge is -2.06. The Bertz CT molecular complexity index is 720. The van der Waals surface area contributed by atoms with Crippen LogP contribution in [-0.4, -0.2) is 18.4 Å². The van der Waals surface area contributed by atoms with E-state index in [0.29, 0.717) is 5.13 Å². The van der Waals surface area contributed by atoms with E-state index in [4.69, 9.17) is 5.84 Å². The van der Waals surface area contributed by atoms with Crippen LogP contribution in [0.15, 0.2) is 23.2 Å². The number of aromatic nitrogens is 2. The summed E-state index contributed by atoms with van der Waals surface area (Å²) >= 11 is 1.40. The predicted octanol–water partition coefficient (Wildman–Crippen LogP) is 1.11. The van der Waals surface area contributed by atoms with Crippen LogP contribution in [0.3, 0.4) is 0 Å². The van der Waals surface area contributed by atoms with Gasteiger partial charge < -0.3 is 5.43 Å². The SMILES string of the molecule is NNc1cc(S(=O)(=O)Nc2nc3c(s2)CCC3)ccn1. The van der Waals surface area contributed by atoms with Gasteiger partial charge >= 0.3 is 0 Å². The Balaban J connectivity index is 1.87. The summed E-state index contributed by atoms with van der Waals surface area (Å²) < 4.78 is 27.0. The van der Waals surface area contributed by atoms with E-state index in [1.165, 1.54) is 34.5 Å². The molecule has 20 heavy (non-hydrogen) atoms. The fourth-order valence-corrected chi connectivity index (χ4v) is 4.36. The molecule has 0 saturated carbocycles. The van der Waals surface area contributed by atoms with E-state index < -0.39 is 10.0 Å². The molecule has 0 radical (unpaired) electrons. The molecule has 1 aliphatic rings. The van der Waals surface area contributed by atoms with Crippen molar-refractivity contribution >= 4 is 32.3 Å². The van der Waals surface area contributed by atoms with Gasteiger partial charge in [0.25, 0.3) is 10.0 Å². The number of rotatable bonds is 4. The highest BCUT2D eigenvalue weighted by Gasteiger charge is 2.21. The Hall–Kier alpha value is -1.71. The van der Waals surface area contributed by atoms with Crippen LogP contribution in [0.5, 0.6) is 0 Å². The third kappa shape index (κ3) is 2.47. The number of hydrogen-bond acceptors (Lipinski definition) is 7. The average molecular weight is 311 g/mol. The van der Waals surface area contributed by atoms with Gasteiger partial charge in [0.15, 0.2) is 5.13 Å². The minimum atomic E-state index is -3.67. The van der Waals surface area contributed by atoms with Crippen molar-refractivity contribution in [2.75, 3.05) is 10.1 Å². The number of nitrogens with zero attached hydrogens (tertiary/aromatic N) is 2. The van der Waals surface area contributed by atoms with Gasteiger partial charge in [0.05, 0.1) is 10.6 Å². The fourth-order valence-electron chi connectivity index (χ4n) is 2.07. The average Bonchev–Trinajstić information content (AvgIpc) is 2.99. The van der Waals surface area contributed by atoms with E-state index >= 15 is 0 Å². The zero-order valence-electron chi connectivity index (χ0n) is 10.5. The van der Waals surface area contributed by atoms with E-state index in [1.807, 2.05) is 0 Å². The molecule has 0 saturated heterocycles. The molecule has 0 amide bonds. The van der Waals surface area contributed by atoms with Gasteiger partial charge in [-0.05, 0) is 25.3 Å². The van der Waals surface area contributed by atoms with Crippen molar-refractivity contribution in [2.24, 2.45) is 5.84 Å². The lowest BCUT2D eigenvalue weighted by atomic mass is 10.4. The van der Waals surface area contributed by atoms with Gasteiger partial charge in [0, 0.05) is 17.1 Å². The van der Waals surface area contributed by atoms with Crippen molar-refractivity contribution in [1.82, 2.24) is 9.97 Å². The second kappa shape index (κ2) is 5.00. The van der Waals surface area contributed by atoms with Gasteiger partial charge in [0.2, 0.25) is 0 Å². The zero-order chi connectivity index (χ0) is 14.2. The van der Waals surface area contributed by atoms with E-state index in [1.54, 1.807) is 0 Å². The summed E-state index contributed by atoms with van der Waals surface area (Å²) in [7, 11) is -3.67. The first-order valence-electron chi connectivity index (χ1n) is 6.02. The Morgan fingerprint density at radius 3 is 2.95 bits per heavy atom. The van der Waals surface area contributed by atoms with Crippen molar-refractivity contribution < 1.29 is 8.42 Å². The second-order valence-electron chi connectivity index (χ2n) is 4.37. The molecule has 9 heteroatoms. The molecule has 2 aromatic rings. The van der Waals surface area contributed by atoms with Gasteiger partial charge in [0.1, 0.15) is 5.82 Å². The molecule has 2 aromatic heterocycles. The highest BCUT2D eigenvalue weighted by Crippen LogP contribution is 2.31. The van der Waals surface area contributed by atoms with Crippen LogP contribution in [0, 0.1) is 0 Å². The zero-order valence-corrected chi connectivity index (χ0v) is 12.1. The van der Waals surface area contributed by atoms with Crippen LogP contribution in [0.25, 0.3) is 0 Å². The van der Waals surface area contributed by atoms with Crippen LogP contribution in [-0.2, 0) is 22.9 Å². The highest BCUT2D eigenvalue weighted by molar-refractivity contribution is 7.93. The summed E-state index contributed by atoms with van der Waals surface area (Å²) in [6.45, 7) is 0. The summed E-state index contributed by atoms with van der Waals surface area (Å²) in [5.74, 6) is 5.51. The van der Waals surface area contributed by atoms with Gasteiger partial charge in [-0.3, -0.25) is 4.72 Å². The largest absolute Gasteiger partial charge is 0.308 e. The van der Waals surface area contributed by atoms with E-state index in [-0.39, 0.29) is 10.7 Å². The summed E-state index contributed by atoms with van der Waals surface area (Å²) in [4.78, 5) is 9.46. The summed E-state index contributed by atoms with van der Waals surface area (Å²) in [6, 6.07) is 2.77. The maximum absolute atomic E-state index is 12.3. The molecule has 0 atom stereocenters. The normalized spacial score (nSPS) is 14.1. The predicted molar refractivity (Wildman–Crippen MR) is 77.0 cm³/mol. The number of thiazole rings is 1. The molecule has 0 aliphatic heterocycles. The van der Waals surface area contributed by atoms with Gasteiger partial charge in [-0.2, -0.15) is 0 Å². The van der Waals surface area contributed by atoms with Crippen LogP contribution >= 0.6 is 11.3 Å². The topological polar surface area (TPSA) is 110 Å². The summed E-state index contributed by atoms with van der Waals surface area (Å²) in [5.41, 5.74) is 3.32. The third-order valence-corrected chi connectivity index (χ3v) is 5.55. The molecular weight excluding hydrogens is 298 g/mol. The van der Waals surface area contributed by atoms with E-state index in [9.17, 15) is 8.42 Å². The van der Waals surface area contributed by atoms with Crippen molar-refractivity contribution in [2.45, 2.75) is 24.2 Å². The number of nitrogen functional groups attached to an aromatic ring is 1. The van der Waals surface area contributed by atoms with E-state index in [0.717, 1.165) is 25.0 Å². The fraction of sp³-hybridized carbons (Fsp3) is 0.273. The molecule has 0 aromatic carbocycles. The van der Waals surface area contributed by atoms with Crippen LogP contribution in [0.1, 0.15) is 17.0 Å². The maximum atomic E-state index is 12.3. The molecule has 0 unspecified atom stereocenters. The molecule has 0 fully saturated rings. The summed E-state index contributed by atoms with van der Waals surface area (Å²) in [6.07, 6.45) is 4.37. The second-order valence-corrected chi connectivity index (χ2v) is 7.14. The molecule has 1 aliphatic carbocycles. The molecule has 0 spiro atoms.